The number of thioether (sulfide) groups is 1. The molecule has 9 heteroatoms. The molecule has 6 nitrogen and oxygen atoms in total. The zero-order valence-electron chi connectivity index (χ0n) is 14.9. The van der Waals surface area contributed by atoms with Crippen LogP contribution in [0.3, 0.4) is 0 Å². The first kappa shape index (κ1) is 22.0. The van der Waals surface area contributed by atoms with Crippen LogP contribution in [0.2, 0.25) is 0 Å². The molecule has 1 unspecified atom stereocenters. The van der Waals surface area contributed by atoms with E-state index in [4.69, 9.17) is 4.42 Å². The molecule has 0 saturated carbocycles. The number of carbonyl (C=O) groups is 1. The third-order valence-corrected chi connectivity index (χ3v) is 5.61. The highest BCUT2D eigenvalue weighted by Crippen LogP contribution is 2.21. The SMILES string of the molecule is Cl.Cl.O=C(C1CSCN1)N1CCN(Cc2ncc(-c3ccccc3)o2)CC1. The lowest BCUT2D eigenvalue weighted by Crippen LogP contribution is -2.53. The summed E-state index contributed by atoms with van der Waals surface area (Å²) in [4.78, 5) is 21.1. The van der Waals surface area contributed by atoms with Gasteiger partial charge in [0.25, 0.3) is 0 Å². The monoisotopic (exact) mass is 430 g/mol. The van der Waals surface area contributed by atoms with Crippen molar-refractivity contribution >= 4 is 42.5 Å². The van der Waals surface area contributed by atoms with Crippen molar-refractivity contribution in [2.45, 2.75) is 12.6 Å². The van der Waals surface area contributed by atoms with Crippen LogP contribution in [0.1, 0.15) is 5.89 Å². The van der Waals surface area contributed by atoms with Crippen LogP contribution in [-0.4, -0.2) is 64.5 Å². The summed E-state index contributed by atoms with van der Waals surface area (Å²) in [5.41, 5.74) is 1.04. The number of halogens is 2. The van der Waals surface area contributed by atoms with Crippen LogP contribution in [0.5, 0.6) is 0 Å². The van der Waals surface area contributed by atoms with Gasteiger partial charge in [-0.25, -0.2) is 4.98 Å². The molecule has 0 radical (unpaired) electrons. The Morgan fingerprint density at radius 1 is 1.19 bits per heavy atom. The van der Waals surface area contributed by atoms with E-state index in [1.807, 2.05) is 35.2 Å². The van der Waals surface area contributed by atoms with Crippen molar-refractivity contribution in [2.24, 2.45) is 0 Å². The molecule has 1 atom stereocenters. The third-order valence-electron chi connectivity index (χ3n) is 4.67. The third kappa shape index (κ3) is 5.39. The highest BCUT2D eigenvalue weighted by atomic mass is 35.5. The lowest BCUT2D eigenvalue weighted by Gasteiger charge is -2.35. The van der Waals surface area contributed by atoms with Gasteiger partial charge < -0.3 is 9.32 Å². The van der Waals surface area contributed by atoms with Gasteiger partial charge in [0.2, 0.25) is 11.8 Å². The van der Waals surface area contributed by atoms with Crippen LogP contribution >= 0.6 is 36.6 Å². The molecule has 2 fully saturated rings. The predicted octanol–water partition coefficient (Wildman–Crippen LogP) is 2.49. The summed E-state index contributed by atoms with van der Waals surface area (Å²) in [6.07, 6.45) is 1.79. The zero-order valence-corrected chi connectivity index (χ0v) is 17.3. The maximum atomic E-state index is 12.4. The van der Waals surface area contributed by atoms with Gasteiger partial charge in [-0.3, -0.25) is 15.0 Å². The number of benzene rings is 1. The molecule has 148 valence electrons. The molecule has 2 aliphatic rings. The Labute approximate surface area is 175 Å². The van der Waals surface area contributed by atoms with E-state index < -0.39 is 0 Å². The number of nitrogens with zero attached hydrogens (tertiary/aromatic N) is 3. The molecule has 0 aliphatic carbocycles. The molecule has 0 spiro atoms. The van der Waals surface area contributed by atoms with Crippen molar-refractivity contribution in [3.05, 3.63) is 42.4 Å². The highest BCUT2D eigenvalue weighted by Gasteiger charge is 2.29. The molecule has 27 heavy (non-hydrogen) atoms. The Morgan fingerprint density at radius 3 is 2.59 bits per heavy atom. The first-order valence-electron chi connectivity index (χ1n) is 8.62. The number of piperazine rings is 1. The van der Waals surface area contributed by atoms with Crippen LogP contribution in [0, 0.1) is 0 Å². The molecule has 1 N–H and O–H groups in total. The van der Waals surface area contributed by atoms with Gasteiger partial charge in [-0.15, -0.1) is 36.6 Å². The van der Waals surface area contributed by atoms with E-state index >= 15 is 0 Å². The molecule has 0 bridgehead atoms. The summed E-state index contributed by atoms with van der Waals surface area (Å²) in [6.45, 7) is 3.94. The number of carbonyl (C=O) groups excluding carboxylic acids is 1. The van der Waals surface area contributed by atoms with Crippen LogP contribution in [-0.2, 0) is 11.3 Å². The van der Waals surface area contributed by atoms with Crippen LogP contribution in [0.15, 0.2) is 40.9 Å². The van der Waals surface area contributed by atoms with Gasteiger partial charge in [-0.1, -0.05) is 30.3 Å². The van der Waals surface area contributed by atoms with Gasteiger partial charge in [0.15, 0.2) is 5.76 Å². The summed E-state index contributed by atoms with van der Waals surface area (Å²) in [5, 5.41) is 3.26. The fraction of sp³-hybridized carbons (Fsp3) is 0.444. The van der Waals surface area contributed by atoms with Gasteiger partial charge in [0, 0.05) is 43.4 Å². The minimum Gasteiger partial charge on any atom is -0.439 e. The Hall–Kier alpha value is -1.25. The molecule has 2 aromatic rings. The molecule has 3 heterocycles. The second-order valence-electron chi connectivity index (χ2n) is 6.36. The first-order chi connectivity index (χ1) is 12.3. The van der Waals surface area contributed by atoms with Crippen LogP contribution in [0.4, 0.5) is 0 Å². The van der Waals surface area contributed by atoms with Gasteiger partial charge >= 0.3 is 0 Å². The van der Waals surface area contributed by atoms with E-state index in [1.165, 1.54) is 0 Å². The molecule has 2 saturated heterocycles. The second-order valence-corrected chi connectivity index (χ2v) is 7.39. The Morgan fingerprint density at radius 2 is 1.93 bits per heavy atom. The van der Waals surface area contributed by atoms with Crippen molar-refractivity contribution in [3.63, 3.8) is 0 Å². The smallest absolute Gasteiger partial charge is 0.240 e. The molecule has 1 aromatic heterocycles. The summed E-state index contributed by atoms with van der Waals surface area (Å²) in [5.74, 6) is 3.54. The minimum absolute atomic E-state index is 0. The minimum atomic E-state index is -0.00304. The van der Waals surface area contributed by atoms with E-state index in [-0.39, 0.29) is 36.8 Å². The van der Waals surface area contributed by atoms with Crippen molar-refractivity contribution in [1.29, 1.82) is 0 Å². The Bertz CT molecular complexity index is 717. The number of hydrogen-bond acceptors (Lipinski definition) is 6. The van der Waals surface area contributed by atoms with Gasteiger partial charge in [-0.2, -0.15) is 0 Å². The van der Waals surface area contributed by atoms with Crippen molar-refractivity contribution in [2.75, 3.05) is 37.8 Å². The highest BCUT2D eigenvalue weighted by molar-refractivity contribution is 7.99. The zero-order chi connectivity index (χ0) is 17.1. The molecule has 1 aromatic carbocycles. The lowest BCUT2D eigenvalue weighted by atomic mass is 10.2. The summed E-state index contributed by atoms with van der Waals surface area (Å²) < 4.78 is 5.88. The number of amides is 1. The quantitative estimate of drug-likeness (QED) is 0.803. The van der Waals surface area contributed by atoms with Crippen LogP contribution < -0.4 is 5.32 Å². The predicted molar refractivity (Wildman–Crippen MR) is 113 cm³/mol. The molecular formula is C18H24Cl2N4O2S. The topological polar surface area (TPSA) is 61.6 Å². The van der Waals surface area contributed by atoms with E-state index in [2.05, 4.69) is 15.2 Å². The number of hydrogen-bond donors (Lipinski definition) is 1. The maximum absolute atomic E-state index is 12.4. The molecule has 1 amide bonds. The summed E-state index contributed by atoms with van der Waals surface area (Å²) in [6, 6.07) is 10.0. The van der Waals surface area contributed by atoms with Crippen LogP contribution in [0.25, 0.3) is 11.3 Å². The summed E-state index contributed by atoms with van der Waals surface area (Å²) >= 11 is 1.79. The molecular weight excluding hydrogens is 407 g/mol. The number of oxazole rings is 1. The number of nitrogens with one attached hydrogen (secondary N) is 1. The fourth-order valence-corrected chi connectivity index (χ4v) is 4.14. The van der Waals surface area contributed by atoms with Crippen molar-refractivity contribution in [3.8, 4) is 11.3 Å². The maximum Gasteiger partial charge on any atom is 0.240 e. The van der Waals surface area contributed by atoms with Crippen molar-refractivity contribution < 1.29 is 9.21 Å². The Balaban J connectivity index is 0.00000131. The van der Waals surface area contributed by atoms with Crippen molar-refractivity contribution in [1.82, 2.24) is 20.1 Å². The lowest BCUT2D eigenvalue weighted by molar-refractivity contribution is -0.134. The molecule has 4 rings (SSSR count). The fourth-order valence-electron chi connectivity index (χ4n) is 3.21. The largest absolute Gasteiger partial charge is 0.439 e. The standard InChI is InChI=1S/C18H22N4O2S.2ClH/c23-18(15-12-25-13-20-15)22-8-6-21(7-9-22)11-17-19-10-16(24-17)14-4-2-1-3-5-14;;/h1-5,10,15,20H,6-9,11-13H2;2*1H. The average molecular weight is 431 g/mol. The van der Waals surface area contributed by atoms with E-state index in [9.17, 15) is 4.79 Å². The Kier molecular flexibility index (Phi) is 8.44. The number of aromatic nitrogens is 1. The van der Waals surface area contributed by atoms with Gasteiger partial charge in [0.05, 0.1) is 18.8 Å². The normalized spacial score (nSPS) is 20.0. The van der Waals surface area contributed by atoms with Gasteiger partial charge in [-0.05, 0) is 0 Å². The van der Waals surface area contributed by atoms with E-state index in [0.29, 0.717) is 6.54 Å². The summed E-state index contributed by atoms with van der Waals surface area (Å²) in [7, 11) is 0. The second kappa shape index (κ2) is 10.3. The number of rotatable bonds is 4. The first-order valence-corrected chi connectivity index (χ1v) is 9.77. The average Bonchev–Trinajstić information content (AvgIpc) is 3.35. The van der Waals surface area contributed by atoms with Gasteiger partial charge in [0.1, 0.15) is 0 Å². The van der Waals surface area contributed by atoms with E-state index in [1.54, 1.807) is 18.0 Å². The molecule has 2 aliphatic heterocycles. The van der Waals surface area contributed by atoms with E-state index in [0.717, 1.165) is 55.0 Å².